The molecule has 26 heavy (non-hydrogen) atoms. The highest BCUT2D eigenvalue weighted by Gasteiger charge is 2.07. The molecule has 0 bridgehead atoms. The van der Waals surface area contributed by atoms with Crippen LogP contribution >= 0.6 is 11.3 Å². The minimum atomic E-state index is -0.310. The molecule has 130 valence electrons. The van der Waals surface area contributed by atoms with E-state index in [2.05, 4.69) is 15.5 Å². The Hall–Kier alpha value is -3.19. The number of nitrogens with one attached hydrogen (secondary N) is 1. The van der Waals surface area contributed by atoms with Crippen molar-refractivity contribution in [3.05, 3.63) is 60.3 Å². The van der Waals surface area contributed by atoms with Crippen LogP contribution in [0, 0.1) is 0 Å². The van der Waals surface area contributed by atoms with E-state index in [4.69, 9.17) is 5.73 Å². The van der Waals surface area contributed by atoms with Crippen LogP contribution < -0.4 is 11.2 Å². The number of nitrogens with zero attached hydrogens (tertiary/aromatic N) is 3. The zero-order chi connectivity index (χ0) is 17.9. The van der Waals surface area contributed by atoms with Crippen LogP contribution in [0.2, 0.25) is 0 Å². The number of fused-ring (bicyclic) bond motifs is 2. The molecule has 1 amide bonds. The lowest BCUT2D eigenvalue weighted by Gasteiger charge is -2.02. The Morgan fingerprint density at radius 3 is 2.88 bits per heavy atom. The molecule has 6 nitrogen and oxygen atoms in total. The number of aryl methyl sites for hydroxylation is 1. The number of thiazole rings is 1. The Morgan fingerprint density at radius 1 is 1.23 bits per heavy atom. The summed E-state index contributed by atoms with van der Waals surface area (Å²) < 4.78 is 3.15. The van der Waals surface area contributed by atoms with Gasteiger partial charge in [0.2, 0.25) is 11.0 Å². The molecule has 7 heteroatoms. The highest BCUT2D eigenvalue weighted by Crippen LogP contribution is 2.25. The van der Waals surface area contributed by atoms with Crippen molar-refractivity contribution in [2.75, 3.05) is 5.43 Å². The van der Waals surface area contributed by atoms with E-state index in [9.17, 15) is 4.79 Å². The van der Waals surface area contributed by atoms with E-state index in [1.165, 1.54) is 0 Å². The van der Waals surface area contributed by atoms with Gasteiger partial charge in [-0.05, 0) is 18.2 Å². The molecule has 0 aliphatic carbocycles. The first-order chi connectivity index (χ1) is 12.7. The fourth-order valence-corrected chi connectivity index (χ4v) is 3.69. The number of carbonyl (C=O) groups excluding carboxylic acids is 1. The molecule has 0 radical (unpaired) electrons. The molecule has 0 spiro atoms. The Balaban J connectivity index is 1.57. The van der Waals surface area contributed by atoms with Gasteiger partial charge in [-0.25, -0.2) is 4.98 Å². The normalized spacial score (nSPS) is 11.5. The van der Waals surface area contributed by atoms with Crippen LogP contribution in [0.5, 0.6) is 0 Å². The van der Waals surface area contributed by atoms with Gasteiger partial charge in [0.1, 0.15) is 0 Å². The number of primary amides is 1. The maximum Gasteiger partial charge on any atom is 0.219 e. The zero-order valence-electron chi connectivity index (χ0n) is 13.9. The van der Waals surface area contributed by atoms with Gasteiger partial charge in [0.15, 0.2) is 0 Å². The van der Waals surface area contributed by atoms with Crippen LogP contribution in [0.1, 0.15) is 12.0 Å². The van der Waals surface area contributed by atoms with Gasteiger partial charge in [-0.1, -0.05) is 41.7 Å². The van der Waals surface area contributed by atoms with Gasteiger partial charge in [0.25, 0.3) is 0 Å². The monoisotopic (exact) mass is 363 g/mol. The first-order valence-corrected chi connectivity index (χ1v) is 9.03. The van der Waals surface area contributed by atoms with Gasteiger partial charge in [0.05, 0.1) is 16.4 Å². The molecule has 0 fully saturated rings. The highest BCUT2D eigenvalue weighted by molar-refractivity contribution is 7.22. The molecule has 0 saturated carbocycles. The van der Waals surface area contributed by atoms with Crippen LogP contribution in [-0.4, -0.2) is 21.7 Å². The van der Waals surface area contributed by atoms with Crippen LogP contribution in [-0.2, 0) is 11.3 Å². The largest absolute Gasteiger partial charge is 0.370 e. The van der Waals surface area contributed by atoms with Gasteiger partial charge >= 0.3 is 0 Å². The molecule has 2 heterocycles. The number of aromatic nitrogens is 2. The van der Waals surface area contributed by atoms with E-state index in [0.29, 0.717) is 13.0 Å². The van der Waals surface area contributed by atoms with Crippen molar-refractivity contribution in [2.24, 2.45) is 10.8 Å². The Kier molecular flexibility index (Phi) is 4.37. The van der Waals surface area contributed by atoms with Crippen molar-refractivity contribution in [3.63, 3.8) is 0 Å². The average molecular weight is 363 g/mol. The Morgan fingerprint density at radius 2 is 2.04 bits per heavy atom. The SMILES string of the molecule is NC(=O)CCn1cc(/C=N\Nc2nc3ccccc3s2)c2ccccc21. The van der Waals surface area contributed by atoms with Gasteiger partial charge in [0, 0.05) is 35.6 Å². The molecule has 0 atom stereocenters. The van der Waals surface area contributed by atoms with Crippen molar-refractivity contribution in [1.29, 1.82) is 0 Å². The van der Waals surface area contributed by atoms with E-state index in [-0.39, 0.29) is 5.91 Å². The number of para-hydroxylation sites is 2. The predicted octanol–water partition coefficient (Wildman–Crippen LogP) is 3.57. The number of amides is 1. The predicted molar refractivity (Wildman–Crippen MR) is 107 cm³/mol. The van der Waals surface area contributed by atoms with Gasteiger partial charge < -0.3 is 10.3 Å². The fourth-order valence-electron chi connectivity index (χ4n) is 2.87. The second-order valence-corrected chi connectivity index (χ2v) is 6.90. The van der Waals surface area contributed by atoms with E-state index < -0.39 is 0 Å². The molecule has 2 aromatic heterocycles. The summed E-state index contributed by atoms with van der Waals surface area (Å²) in [6, 6.07) is 16.0. The summed E-state index contributed by atoms with van der Waals surface area (Å²) in [5, 5.41) is 6.16. The number of nitrogens with two attached hydrogens (primary N) is 1. The number of carbonyl (C=O) groups is 1. The maximum absolute atomic E-state index is 11.1. The number of hydrazone groups is 1. The summed E-state index contributed by atoms with van der Waals surface area (Å²) >= 11 is 1.56. The van der Waals surface area contributed by atoms with Crippen LogP contribution in [0.25, 0.3) is 21.1 Å². The molecule has 4 aromatic rings. The third-order valence-electron chi connectivity index (χ3n) is 4.08. The summed E-state index contributed by atoms with van der Waals surface area (Å²) in [7, 11) is 0. The second kappa shape index (κ2) is 6.97. The summed E-state index contributed by atoms with van der Waals surface area (Å²) in [6.07, 6.45) is 4.06. The summed E-state index contributed by atoms with van der Waals surface area (Å²) in [5.74, 6) is -0.310. The van der Waals surface area contributed by atoms with E-state index in [1.807, 2.05) is 59.3 Å². The van der Waals surface area contributed by atoms with Crippen LogP contribution in [0.3, 0.4) is 0 Å². The number of anilines is 1. The van der Waals surface area contributed by atoms with Crippen LogP contribution in [0.4, 0.5) is 5.13 Å². The lowest BCUT2D eigenvalue weighted by Crippen LogP contribution is -2.13. The third-order valence-corrected chi connectivity index (χ3v) is 5.02. The second-order valence-electron chi connectivity index (χ2n) is 5.87. The van der Waals surface area contributed by atoms with Crippen molar-refractivity contribution < 1.29 is 4.79 Å². The number of hydrogen-bond acceptors (Lipinski definition) is 5. The maximum atomic E-state index is 11.1. The third kappa shape index (κ3) is 3.29. The molecule has 0 aliphatic heterocycles. The summed E-state index contributed by atoms with van der Waals surface area (Å²) in [5.41, 5.74) is 11.3. The number of rotatable bonds is 6. The standard InChI is InChI=1S/C19H17N5OS/c20-18(25)9-10-24-12-13(14-5-1-3-7-16(14)24)11-21-23-19-22-15-6-2-4-8-17(15)26-19/h1-8,11-12H,9-10H2,(H2,20,25)(H,22,23)/b21-11-. The minimum absolute atomic E-state index is 0.305. The molecule has 0 saturated heterocycles. The lowest BCUT2D eigenvalue weighted by atomic mass is 10.2. The first-order valence-electron chi connectivity index (χ1n) is 8.21. The van der Waals surface area contributed by atoms with Crippen molar-refractivity contribution in [1.82, 2.24) is 9.55 Å². The molecule has 0 unspecified atom stereocenters. The smallest absolute Gasteiger partial charge is 0.219 e. The van der Waals surface area contributed by atoms with E-state index in [1.54, 1.807) is 17.6 Å². The topological polar surface area (TPSA) is 85.3 Å². The quantitative estimate of drug-likeness (QED) is 0.406. The fraction of sp³-hybridized carbons (Fsp3) is 0.105. The molecular weight excluding hydrogens is 346 g/mol. The zero-order valence-corrected chi connectivity index (χ0v) is 14.7. The molecule has 0 aliphatic rings. The lowest BCUT2D eigenvalue weighted by molar-refractivity contribution is -0.118. The summed E-state index contributed by atoms with van der Waals surface area (Å²) in [4.78, 5) is 15.6. The van der Waals surface area contributed by atoms with Gasteiger partial charge in [-0.2, -0.15) is 5.10 Å². The number of hydrogen-bond donors (Lipinski definition) is 2. The van der Waals surface area contributed by atoms with Gasteiger partial charge in [-0.3, -0.25) is 10.2 Å². The minimum Gasteiger partial charge on any atom is -0.370 e. The van der Waals surface area contributed by atoms with E-state index >= 15 is 0 Å². The summed E-state index contributed by atoms with van der Waals surface area (Å²) in [6.45, 7) is 0.551. The molecule has 2 aromatic carbocycles. The van der Waals surface area contributed by atoms with E-state index in [0.717, 1.165) is 31.8 Å². The number of benzene rings is 2. The van der Waals surface area contributed by atoms with Crippen molar-refractivity contribution >= 4 is 49.7 Å². The first kappa shape index (κ1) is 16.3. The van der Waals surface area contributed by atoms with Crippen molar-refractivity contribution in [3.8, 4) is 0 Å². The Bertz CT molecular complexity index is 1080. The Labute approximate surface area is 154 Å². The van der Waals surface area contributed by atoms with Crippen LogP contribution in [0.15, 0.2) is 59.8 Å². The molecule has 3 N–H and O–H groups in total. The van der Waals surface area contributed by atoms with Gasteiger partial charge in [-0.15, -0.1) is 0 Å². The highest BCUT2D eigenvalue weighted by atomic mass is 32.1. The molecular formula is C19H17N5OS. The average Bonchev–Trinajstić information content (AvgIpc) is 3.21. The molecule has 4 rings (SSSR count). The van der Waals surface area contributed by atoms with Crippen molar-refractivity contribution in [2.45, 2.75) is 13.0 Å².